The van der Waals surface area contributed by atoms with Crippen molar-refractivity contribution < 1.29 is 4.79 Å². The number of carbonyl (C=O) groups is 1. The number of carbonyl (C=O) groups excluding carboxylic acids is 1. The van der Waals surface area contributed by atoms with Crippen molar-refractivity contribution in [3.63, 3.8) is 0 Å². The average Bonchev–Trinajstić information content (AvgIpc) is 2.95. The number of nitrogens with one attached hydrogen (secondary N) is 1. The summed E-state index contributed by atoms with van der Waals surface area (Å²) in [5, 5.41) is 7.06. The first-order valence-electron chi connectivity index (χ1n) is 7.00. The van der Waals surface area contributed by atoms with E-state index in [9.17, 15) is 4.79 Å². The molecule has 106 valence electrons. The van der Waals surface area contributed by atoms with Crippen molar-refractivity contribution in [2.75, 3.05) is 6.54 Å². The van der Waals surface area contributed by atoms with E-state index >= 15 is 0 Å². The van der Waals surface area contributed by atoms with Crippen LogP contribution in [0, 0.1) is 0 Å². The molecule has 2 aromatic rings. The van der Waals surface area contributed by atoms with Gasteiger partial charge in [0.1, 0.15) is 5.69 Å². The van der Waals surface area contributed by atoms with E-state index in [2.05, 4.69) is 24.0 Å². The van der Waals surface area contributed by atoms with Gasteiger partial charge in [-0.05, 0) is 24.5 Å². The van der Waals surface area contributed by atoms with Crippen molar-refractivity contribution in [3.8, 4) is 0 Å². The molecule has 0 spiro atoms. The van der Waals surface area contributed by atoms with E-state index < -0.39 is 0 Å². The van der Waals surface area contributed by atoms with Gasteiger partial charge in [0.15, 0.2) is 0 Å². The lowest BCUT2D eigenvalue weighted by Crippen LogP contribution is -2.30. The fraction of sp³-hybridized carbons (Fsp3) is 0.375. The van der Waals surface area contributed by atoms with Gasteiger partial charge in [-0.2, -0.15) is 5.10 Å². The number of benzene rings is 1. The molecular weight excluding hydrogens is 250 g/mol. The molecule has 0 aliphatic heterocycles. The summed E-state index contributed by atoms with van der Waals surface area (Å²) in [6, 6.07) is 11.9. The van der Waals surface area contributed by atoms with Crippen LogP contribution < -0.4 is 0 Å². The largest absolute Gasteiger partial charge is 0.333 e. The number of hydrogen-bond acceptors (Lipinski definition) is 2. The summed E-state index contributed by atoms with van der Waals surface area (Å²) in [6.45, 7) is 7.40. The van der Waals surface area contributed by atoms with Crippen LogP contribution in [-0.4, -0.2) is 27.5 Å². The molecule has 0 radical (unpaired) electrons. The zero-order valence-electron chi connectivity index (χ0n) is 12.3. The molecular formula is C16H21N3O. The van der Waals surface area contributed by atoms with Crippen LogP contribution in [0.25, 0.3) is 0 Å². The number of aromatic nitrogens is 2. The minimum absolute atomic E-state index is 0.0282. The standard InChI is InChI=1S/C16H21N3O/c1-4-19(11-13-8-6-5-7-9-13)16(20)15-10-14(12(2)3)17-18-15/h5-10,12H,4,11H2,1-3H3,(H,17,18). The second-order valence-electron chi connectivity index (χ2n) is 5.17. The van der Waals surface area contributed by atoms with Crippen LogP contribution in [0.2, 0.25) is 0 Å². The van der Waals surface area contributed by atoms with Gasteiger partial charge in [-0.15, -0.1) is 0 Å². The lowest BCUT2D eigenvalue weighted by molar-refractivity contribution is 0.0746. The SMILES string of the molecule is CCN(Cc1ccccc1)C(=O)c1cc(C(C)C)[nH]n1. The number of hydrogen-bond donors (Lipinski definition) is 1. The van der Waals surface area contributed by atoms with Crippen molar-refractivity contribution >= 4 is 5.91 Å². The molecule has 0 bridgehead atoms. The molecule has 20 heavy (non-hydrogen) atoms. The first kappa shape index (κ1) is 14.3. The third-order valence-corrected chi connectivity index (χ3v) is 3.32. The monoisotopic (exact) mass is 271 g/mol. The van der Waals surface area contributed by atoms with Crippen LogP contribution in [0.15, 0.2) is 36.4 Å². The van der Waals surface area contributed by atoms with Crippen LogP contribution >= 0.6 is 0 Å². The Bertz CT molecular complexity index is 560. The number of H-pyrrole nitrogens is 1. The Morgan fingerprint density at radius 1 is 1.30 bits per heavy atom. The molecule has 4 heteroatoms. The maximum absolute atomic E-state index is 12.5. The topological polar surface area (TPSA) is 49.0 Å². The molecule has 1 N–H and O–H groups in total. The Morgan fingerprint density at radius 3 is 2.55 bits per heavy atom. The van der Waals surface area contributed by atoms with Gasteiger partial charge in [-0.25, -0.2) is 0 Å². The number of aromatic amines is 1. The highest BCUT2D eigenvalue weighted by atomic mass is 16.2. The maximum Gasteiger partial charge on any atom is 0.274 e. The minimum Gasteiger partial charge on any atom is -0.333 e. The van der Waals surface area contributed by atoms with Crippen molar-refractivity contribution in [3.05, 3.63) is 53.3 Å². The predicted molar refractivity (Wildman–Crippen MR) is 79.5 cm³/mol. The van der Waals surface area contributed by atoms with Crippen LogP contribution in [0.3, 0.4) is 0 Å². The van der Waals surface area contributed by atoms with Gasteiger partial charge < -0.3 is 4.90 Å². The molecule has 0 saturated heterocycles. The first-order valence-corrected chi connectivity index (χ1v) is 7.00. The third kappa shape index (κ3) is 3.26. The zero-order valence-corrected chi connectivity index (χ0v) is 12.3. The summed E-state index contributed by atoms with van der Waals surface area (Å²) >= 11 is 0. The molecule has 1 aromatic heterocycles. The van der Waals surface area contributed by atoms with Gasteiger partial charge in [-0.1, -0.05) is 44.2 Å². The van der Waals surface area contributed by atoms with E-state index in [1.807, 2.05) is 43.3 Å². The number of nitrogens with zero attached hydrogens (tertiary/aromatic N) is 2. The van der Waals surface area contributed by atoms with E-state index in [1.54, 1.807) is 4.90 Å². The van der Waals surface area contributed by atoms with Gasteiger partial charge in [0.2, 0.25) is 0 Å². The molecule has 4 nitrogen and oxygen atoms in total. The van der Waals surface area contributed by atoms with Gasteiger partial charge in [0.05, 0.1) is 0 Å². The van der Waals surface area contributed by atoms with Crippen LogP contribution in [0.5, 0.6) is 0 Å². The van der Waals surface area contributed by atoms with E-state index in [1.165, 1.54) is 0 Å². The highest BCUT2D eigenvalue weighted by molar-refractivity contribution is 5.92. The normalized spacial score (nSPS) is 10.8. The van der Waals surface area contributed by atoms with Crippen molar-refractivity contribution in [1.29, 1.82) is 0 Å². The second kappa shape index (κ2) is 6.37. The molecule has 0 fully saturated rings. The Balaban J connectivity index is 2.12. The predicted octanol–water partition coefficient (Wildman–Crippen LogP) is 3.20. The maximum atomic E-state index is 12.5. The van der Waals surface area contributed by atoms with Gasteiger partial charge in [-0.3, -0.25) is 9.89 Å². The molecule has 0 unspecified atom stereocenters. The quantitative estimate of drug-likeness (QED) is 0.908. The first-order chi connectivity index (χ1) is 9.61. The fourth-order valence-corrected chi connectivity index (χ4v) is 2.03. The lowest BCUT2D eigenvalue weighted by atomic mass is 10.1. The summed E-state index contributed by atoms with van der Waals surface area (Å²) in [7, 11) is 0. The van der Waals surface area contributed by atoms with Crippen LogP contribution in [0.4, 0.5) is 0 Å². The second-order valence-corrected chi connectivity index (χ2v) is 5.17. The molecule has 1 amide bonds. The van der Waals surface area contributed by atoms with Gasteiger partial charge >= 0.3 is 0 Å². The average molecular weight is 271 g/mol. The third-order valence-electron chi connectivity index (χ3n) is 3.32. The Kier molecular flexibility index (Phi) is 4.56. The minimum atomic E-state index is -0.0282. The van der Waals surface area contributed by atoms with Crippen molar-refractivity contribution in [1.82, 2.24) is 15.1 Å². The van der Waals surface area contributed by atoms with Gasteiger partial charge in [0, 0.05) is 18.8 Å². The Labute approximate surface area is 119 Å². The van der Waals surface area contributed by atoms with Gasteiger partial charge in [0.25, 0.3) is 5.91 Å². The fourth-order valence-electron chi connectivity index (χ4n) is 2.03. The summed E-state index contributed by atoms with van der Waals surface area (Å²) in [5.41, 5.74) is 2.61. The van der Waals surface area contributed by atoms with Crippen molar-refractivity contribution in [2.24, 2.45) is 0 Å². The molecule has 0 saturated carbocycles. The summed E-state index contributed by atoms with van der Waals surface area (Å²) in [5.74, 6) is 0.313. The van der Waals surface area contributed by atoms with E-state index in [0.29, 0.717) is 24.7 Å². The Morgan fingerprint density at radius 2 is 2.00 bits per heavy atom. The van der Waals surface area contributed by atoms with E-state index in [0.717, 1.165) is 11.3 Å². The zero-order chi connectivity index (χ0) is 14.5. The van der Waals surface area contributed by atoms with E-state index in [4.69, 9.17) is 0 Å². The molecule has 0 aliphatic carbocycles. The molecule has 1 heterocycles. The Hall–Kier alpha value is -2.10. The number of amides is 1. The lowest BCUT2D eigenvalue weighted by Gasteiger charge is -2.19. The van der Waals surface area contributed by atoms with Crippen LogP contribution in [-0.2, 0) is 6.54 Å². The highest BCUT2D eigenvalue weighted by Gasteiger charge is 2.18. The molecule has 2 rings (SSSR count). The summed E-state index contributed by atoms with van der Waals surface area (Å²) < 4.78 is 0. The highest BCUT2D eigenvalue weighted by Crippen LogP contribution is 2.14. The molecule has 1 aromatic carbocycles. The van der Waals surface area contributed by atoms with Crippen LogP contribution in [0.1, 0.15) is 48.4 Å². The van der Waals surface area contributed by atoms with E-state index in [-0.39, 0.29) is 5.91 Å². The smallest absolute Gasteiger partial charge is 0.274 e. The molecule has 0 atom stereocenters. The summed E-state index contributed by atoms with van der Waals surface area (Å²) in [6.07, 6.45) is 0. The van der Waals surface area contributed by atoms with Crippen molar-refractivity contribution in [2.45, 2.75) is 33.2 Å². The molecule has 0 aliphatic rings. The number of rotatable bonds is 5. The summed E-state index contributed by atoms with van der Waals surface area (Å²) in [4.78, 5) is 14.3.